The molecule has 0 fully saturated rings. The summed E-state index contributed by atoms with van der Waals surface area (Å²) in [5.74, 6) is 0. The molecule has 0 aliphatic heterocycles. The van der Waals surface area contributed by atoms with E-state index in [2.05, 4.69) is 0 Å². The predicted molar refractivity (Wildman–Crippen MR) is 62.4 cm³/mol. The summed E-state index contributed by atoms with van der Waals surface area (Å²) < 4.78 is 16.2. The van der Waals surface area contributed by atoms with E-state index in [0.29, 0.717) is 13.2 Å². The SMILES string of the molecule is CCC(CCOCc1ccccc1)P=O. The van der Waals surface area contributed by atoms with E-state index in [4.69, 9.17) is 4.74 Å². The van der Waals surface area contributed by atoms with Gasteiger partial charge in [-0.15, -0.1) is 0 Å². The van der Waals surface area contributed by atoms with Crippen molar-refractivity contribution in [3.05, 3.63) is 35.9 Å². The number of benzene rings is 1. The van der Waals surface area contributed by atoms with E-state index in [9.17, 15) is 4.57 Å². The molecule has 0 spiro atoms. The van der Waals surface area contributed by atoms with Crippen molar-refractivity contribution in [3.63, 3.8) is 0 Å². The van der Waals surface area contributed by atoms with Crippen molar-refractivity contribution < 1.29 is 9.30 Å². The molecular weight excluding hydrogens is 207 g/mol. The maximum atomic E-state index is 10.6. The number of hydrogen-bond donors (Lipinski definition) is 0. The number of ether oxygens (including phenoxy) is 1. The molecule has 0 bridgehead atoms. The smallest absolute Gasteiger partial charge is 0.158 e. The van der Waals surface area contributed by atoms with Crippen LogP contribution in [0.5, 0.6) is 0 Å². The molecule has 1 rings (SSSR count). The Balaban J connectivity index is 2.14. The monoisotopic (exact) mass is 224 g/mol. The Morgan fingerprint density at radius 3 is 2.67 bits per heavy atom. The summed E-state index contributed by atoms with van der Waals surface area (Å²) in [5, 5.41) is 0. The van der Waals surface area contributed by atoms with Crippen molar-refractivity contribution in [1.82, 2.24) is 0 Å². The maximum absolute atomic E-state index is 10.6. The van der Waals surface area contributed by atoms with E-state index >= 15 is 0 Å². The molecule has 0 saturated heterocycles. The molecule has 1 aromatic rings. The van der Waals surface area contributed by atoms with Gasteiger partial charge in [-0.05, 0) is 18.4 Å². The second kappa shape index (κ2) is 7.56. The van der Waals surface area contributed by atoms with Crippen LogP contribution in [-0.4, -0.2) is 12.3 Å². The summed E-state index contributed by atoms with van der Waals surface area (Å²) in [6.45, 7) is 3.38. The van der Waals surface area contributed by atoms with Gasteiger partial charge in [0.15, 0.2) is 8.46 Å². The van der Waals surface area contributed by atoms with Crippen LogP contribution in [0.1, 0.15) is 25.3 Å². The highest BCUT2D eigenvalue weighted by molar-refractivity contribution is 7.24. The van der Waals surface area contributed by atoms with E-state index in [1.165, 1.54) is 5.56 Å². The molecule has 15 heavy (non-hydrogen) atoms. The van der Waals surface area contributed by atoms with Gasteiger partial charge in [-0.2, -0.15) is 0 Å². The molecule has 0 amide bonds. The van der Waals surface area contributed by atoms with Gasteiger partial charge in [-0.25, -0.2) is 0 Å². The van der Waals surface area contributed by atoms with E-state index < -0.39 is 0 Å². The van der Waals surface area contributed by atoms with Gasteiger partial charge in [0, 0.05) is 12.3 Å². The van der Waals surface area contributed by atoms with E-state index in [1.54, 1.807) is 0 Å². The molecule has 0 radical (unpaired) electrons. The first-order valence-corrected chi connectivity index (χ1v) is 6.19. The molecule has 1 atom stereocenters. The summed E-state index contributed by atoms with van der Waals surface area (Å²) in [6.07, 6.45) is 1.81. The fourth-order valence-corrected chi connectivity index (χ4v) is 1.67. The first-order valence-electron chi connectivity index (χ1n) is 5.31. The molecular formula is C12H17O2P. The third kappa shape index (κ3) is 5.06. The summed E-state index contributed by atoms with van der Waals surface area (Å²) >= 11 is 0. The lowest BCUT2D eigenvalue weighted by molar-refractivity contribution is 0.118. The highest BCUT2D eigenvalue weighted by atomic mass is 31.1. The lowest BCUT2D eigenvalue weighted by Gasteiger charge is -2.07. The predicted octanol–water partition coefficient (Wildman–Crippen LogP) is 3.66. The molecule has 0 aliphatic carbocycles. The fraction of sp³-hybridized carbons (Fsp3) is 0.500. The average Bonchev–Trinajstić information content (AvgIpc) is 2.31. The van der Waals surface area contributed by atoms with Gasteiger partial charge in [0.25, 0.3) is 0 Å². The molecule has 0 aromatic heterocycles. The van der Waals surface area contributed by atoms with Crippen LogP contribution in [-0.2, 0) is 15.9 Å². The number of rotatable bonds is 7. The highest BCUT2D eigenvalue weighted by Crippen LogP contribution is 2.14. The molecule has 0 aliphatic rings. The lowest BCUT2D eigenvalue weighted by Crippen LogP contribution is -2.03. The molecule has 2 nitrogen and oxygen atoms in total. The summed E-state index contributed by atoms with van der Waals surface area (Å²) in [4.78, 5) is 0. The Morgan fingerprint density at radius 2 is 2.07 bits per heavy atom. The zero-order chi connectivity index (χ0) is 10.9. The Hall–Kier alpha value is -0.720. The molecule has 3 heteroatoms. The molecule has 1 aromatic carbocycles. The summed E-state index contributed by atoms with van der Waals surface area (Å²) in [7, 11) is 0.241. The van der Waals surface area contributed by atoms with Gasteiger partial charge in [-0.3, -0.25) is 4.57 Å². The molecule has 0 saturated carbocycles. The second-order valence-electron chi connectivity index (χ2n) is 3.49. The Kier molecular flexibility index (Phi) is 6.22. The van der Waals surface area contributed by atoms with Gasteiger partial charge >= 0.3 is 0 Å². The Morgan fingerprint density at radius 1 is 1.33 bits per heavy atom. The minimum absolute atomic E-state index is 0.241. The van der Waals surface area contributed by atoms with E-state index in [0.717, 1.165) is 12.8 Å². The fourth-order valence-electron chi connectivity index (χ4n) is 1.31. The minimum Gasteiger partial charge on any atom is -0.377 e. The maximum Gasteiger partial charge on any atom is 0.158 e. The average molecular weight is 224 g/mol. The van der Waals surface area contributed by atoms with Gasteiger partial charge in [0.1, 0.15) is 0 Å². The Bertz CT molecular complexity index is 274. The normalized spacial score (nSPS) is 12.9. The standard InChI is InChI=1S/C12H17O2P/c1-2-12(15-13)8-9-14-10-11-6-4-3-5-7-11/h3-7,12H,2,8-10H2,1H3. The zero-order valence-corrected chi connectivity index (χ0v) is 9.95. The third-order valence-corrected chi connectivity index (χ3v) is 3.25. The lowest BCUT2D eigenvalue weighted by atomic mass is 10.2. The van der Waals surface area contributed by atoms with Gasteiger partial charge in [0.2, 0.25) is 0 Å². The van der Waals surface area contributed by atoms with Crippen LogP contribution in [0, 0.1) is 0 Å². The van der Waals surface area contributed by atoms with Crippen molar-refractivity contribution in [2.75, 3.05) is 6.61 Å². The van der Waals surface area contributed by atoms with Crippen LogP contribution >= 0.6 is 8.46 Å². The van der Waals surface area contributed by atoms with Crippen LogP contribution in [0.15, 0.2) is 30.3 Å². The van der Waals surface area contributed by atoms with Gasteiger partial charge < -0.3 is 4.74 Å². The van der Waals surface area contributed by atoms with Gasteiger partial charge in [0.05, 0.1) is 6.61 Å². The van der Waals surface area contributed by atoms with Crippen molar-refractivity contribution in [2.45, 2.75) is 32.0 Å². The van der Waals surface area contributed by atoms with Crippen LogP contribution in [0.25, 0.3) is 0 Å². The van der Waals surface area contributed by atoms with Crippen LogP contribution in [0.4, 0.5) is 0 Å². The summed E-state index contributed by atoms with van der Waals surface area (Å²) in [5.41, 5.74) is 1.44. The van der Waals surface area contributed by atoms with Crippen molar-refractivity contribution in [2.24, 2.45) is 0 Å². The van der Waals surface area contributed by atoms with Gasteiger partial charge in [-0.1, -0.05) is 37.3 Å². The number of hydrogen-bond acceptors (Lipinski definition) is 2. The first-order chi connectivity index (χ1) is 7.36. The quantitative estimate of drug-likeness (QED) is 0.521. The highest BCUT2D eigenvalue weighted by Gasteiger charge is 2.04. The first kappa shape index (κ1) is 12.4. The zero-order valence-electron chi connectivity index (χ0n) is 9.06. The van der Waals surface area contributed by atoms with Crippen molar-refractivity contribution in [3.8, 4) is 0 Å². The molecule has 0 N–H and O–H groups in total. The Labute approximate surface area is 92.9 Å². The van der Waals surface area contributed by atoms with E-state index in [-0.39, 0.29) is 14.1 Å². The second-order valence-corrected chi connectivity index (χ2v) is 4.44. The molecule has 82 valence electrons. The minimum atomic E-state index is 0.241. The topological polar surface area (TPSA) is 26.3 Å². The van der Waals surface area contributed by atoms with Crippen LogP contribution in [0.3, 0.4) is 0 Å². The third-order valence-electron chi connectivity index (χ3n) is 2.33. The molecule has 0 heterocycles. The van der Waals surface area contributed by atoms with Crippen molar-refractivity contribution in [1.29, 1.82) is 0 Å². The van der Waals surface area contributed by atoms with Crippen molar-refractivity contribution >= 4 is 8.46 Å². The summed E-state index contributed by atoms with van der Waals surface area (Å²) in [6, 6.07) is 10.1. The van der Waals surface area contributed by atoms with Crippen LogP contribution in [0.2, 0.25) is 0 Å². The largest absolute Gasteiger partial charge is 0.377 e. The molecule has 1 unspecified atom stereocenters. The van der Waals surface area contributed by atoms with Crippen LogP contribution < -0.4 is 0 Å². The van der Waals surface area contributed by atoms with E-state index in [1.807, 2.05) is 37.3 Å².